The summed E-state index contributed by atoms with van der Waals surface area (Å²) >= 11 is 0. The molecule has 0 bridgehead atoms. The number of rotatable bonds is 6. The zero-order valence-electron chi connectivity index (χ0n) is 17.0. The van der Waals surface area contributed by atoms with Gasteiger partial charge >= 0.3 is 0 Å². The lowest BCUT2D eigenvalue weighted by atomic mass is 10.1. The molecule has 1 heterocycles. The Morgan fingerprint density at radius 2 is 1.97 bits per heavy atom. The molecular formula is C23H26N2O4. The molecule has 29 heavy (non-hydrogen) atoms. The standard InChI is InChI=1S/C23H26N2O4/c1-16(19-10-8-18(9-11-19)7-6-17-4-5-17)25-20(14-26)12-21(13-22(25)27)29-15-23(28)24(2)3/h8-13,16-17,26H,4-5,14-15H2,1-3H3/t16-/m1/s1. The second-order valence-electron chi connectivity index (χ2n) is 7.47. The molecule has 0 unspecified atom stereocenters. The number of aliphatic hydroxyl groups excluding tert-OH is 1. The average molecular weight is 394 g/mol. The minimum Gasteiger partial charge on any atom is -0.483 e. The zero-order chi connectivity index (χ0) is 21.0. The molecular weight excluding hydrogens is 368 g/mol. The van der Waals surface area contributed by atoms with E-state index in [4.69, 9.17) is 4.74 Å². The lowest BCUT2D eigenvalue weighted by Crippen LogP contribution is -2.29. The molecule has 6 nitrogen and oxygen atoms in total. The fourth-order valence-corrected chi connectivity index (χ4v) is 2.93. The highest BCUT2D eigenvalue weighted by molar-refractivity contribution is 5.77. The van der Waals surface area contributed by atoms with Gasteiger partial charge in [0.15, 0.2) is 6.61 Å². The minimum atomic E-state index is -0.316. The van der Waals surface area contributed by atoms with Crippen LogP contribution >= 0.6 is 0 Å². The van der Waals surface area contributed by atoms with Crippen LogP contribution in [0.1, 0.15) is 42.6 Å². The summed E-state index contributed by atoms with van der Waals surface area (Å²) in [7, 11) is 3.26. The van der Waals surface area contributed by atoms with Gasteiger partial charge in [-0.25, -0.2) is 0 Å². The van der Waals surface area contributed by atoms with E-state index in [-0.39, 0.29) is 36.5 Å². The van der Waals surface area contributed by atoms with Crippen LogP contribution in [0.4, 0.5) is 0 Å². The number of benzene rings is 1. The smallest absolute Gasteiger partial charge is 0.259 e. The van der Waals surface area contributed by atoms with Crippen LogP contribution < -0.4 is 10.3 Å². The number of aromatic nitrogens is 1. The summed E-state index contributed by atoms with van der Waals surface area (Å²) in [4.78, 5) is 25.8. The highest BCUT2D eigenvalue weighted by Crippen LogP contribution is 2.27. The number of nitrogens with zero attached hydrogens (tertiary/aromatic N) is 2. The summed E-state index contributed by atoms with van der Waals surface area (Å²) in [6.07, 6.45) is 2.38. The van der Waals surface area contributed by atoms with Crippen LogP contribution in [0.25, 0.3) is 0 Å². The minimum absolute atomic E-state index is 0.166. The normalized spacial score (nSPS) is 13.9. The van der Waals surface area contributed by atoms with E-state index in [1.54, 1.807) is 20.2 Å². The second-order valence-corrected chi connectivity index (χ2v) is 7.47. The largest absolute Gasteiger partial charge is 0.483 e. The van der Waals surface area contributed by atoms with Crippen LogP contribution in [-0.4, -0.2) is 41.2 Å². The number of pyridine rings is 1. The first-order valence-corrected chi connectivity index (χ1v) is 9.70. The summed E-state index contributed by atoms with van der Waals surface area (Å²) in [6.45, 7) is 1.42. The van der Waals surface area contributed by atoms with Gasteiger partial charge in [-0.05, 0) is 37.5 Å². The Hall–Kier alpha value is -3.04. The number of carbonyl (C=O) groups excluding carboxylic acids is 1. The lowest BCUT2D eigenvalue weighted by Gasteiger charge is -2.20. The fourth-order valence-electron chi connectivity index (χ4n) is 2.93. The van der Waals surface area contributed by atoms with Gasteiger partial charge in [0, 0.05) is 37.7 Å². The SMILES string of the molecule is C[C@H](c1ccc(C#CC2CC2)cc1)n1c(CO)cc(OCC(=O)N(C)C)cc1=O. The quantitative estimate of drug-likeness (QED) is 0.763. The predicted molar refractivity (Wildman–Crippen MR) is 111 cm³/mol. The van der Waals surface area contributed by atoms with Crippen molar-refractivity contribution in [2.75, 3.05) is 20.7 Å². The first kappa shape index (κ1) is 20.7. The van der Waals surface area contributed by atoms with Gasteiger partial charge in [0.25, 0.3) is 11.5 Å². The van der Waals surface area contributed by atoms with E-state index >= 15 is 0 Å². The molecule has 152 valence electrons. The molecule has 0 aliphatic heterocycles. The van der Waals surface area contributed by atoms with Gasteiger partial charge in [-0.15, -0.1) is 0 Å². The highest BCUT2D eigenvalue weighted by Gasteiger charge is 2.18. The number of ether oxygens (including phenoxy) is 1. The van der Waals surface area contributed by atoms with E-state index < -0.39 is 0 Å². The Morgan fingerprint density at radius 1 is 1.28 bits per heavy atom. The second kappa shape index (κ2) is 8.97. The van der Waals surface area contributed by atoms with Crippen LogP contribution in [0.3, 0.4) is 0 Å². The van der Waals surface area contributed by atoms with Gasteiger partial charge in [0.2, 0.25) is 0 Å². The van der Waals surface area contributed by atoms with E-state index in [1.165, 1.54) is 28.4 Å². The van der Waals surface area contributed by atoms with Crippen LogP contribution in [0.2, 0.25) is 0 Å². The molecule has 1 aliphatic carbocycles. The molecule has 1 atom stereocenters. The number of likely N-dealkylation sites (N-methyl/N-ethyl adjacent to an activating group) is 1. The summed E-state index contributed by atoms with van der Waals surface area (Å²) in [5, 5.41) is 9.79. The Morgan fingerprint density at radius 3 is 2.55 bits per heavy atom. The van der Waals surface area contributed by atoms with Gasteiger partial charge in [0.1, 0.15) is 5.75 Å². The van der Waals surface area contributed by atoms with Crippen molar-refractivity contribution in [3.8, 4) is 17.6 Å². The molecule has 1 saturated carbocycles. The molecule has 1 aromatic heterocycles. The number of hydrogen-bond donors (Lipinski definition) is 1. The van der Waals surface area contributed by atoms with Crippen molar-refractivity contribution in [3.05, 3.63) is 63.6 Å². The monoisotopic (exact) mass is 394 g/mol. The molecule has 0 saturated heterocycles. The number of carbonyl (C=O) groups is 1. The average Bonchev–Trinajstić information content (AvgIpc) is 3.54. The van der Waals surface area contributed by atoms with Crippen molar-refractivity contribution in [1.82, 2.24) is 9.47 Å². The molecule has 0 radical (unpaired) electrons. The van der Waals surface area contributed by atoms with Gasteiger partial charge in [-0.3, -0.25) is 9.59 Å². The van der Waals surface area contributed by atoms with Crippen LogP contribution in [0.15, 0.2) is 41.2 Å². The third-order valence-electron chi connectivity index (χ3n) is 4.92. The maximum Gasteiger partial charge on any atom is 0.259 e. The molecule has 6 heteroatoms. The maximum absolute atomic E-state index is 12.7. The third-order valence-corrected chi connectivity index (χ3v) is 4.92. The first-order valence-electron chi connectivity index (χ1n) is 9.70. The predicted octanol–water partition coefficient (Wildman–Crippen LogP) is 2.18. The van der Waals surface area contributed by atoms with E-state index in [0.29, 0.717) is 11.6 Å². The molecule has 3 rings (SSSR count). The molecule has 0 spiro atoms. The van der Waals surface area contributed by atoms with E-state index in [0.717, 1.165) is 11.1 Å². The van der Waals surface area contributed by atoms with E-state index in [9.17, 15) is 14.7 Å². The van der Waals surface area contributed by atoms with E-state index in [2.05, 4.69) is 11.8 Å². The lowest BCUT2D eigenvalue weighted by molar-refractivity contribution is -0.130. The molecule has 1 aliphatic rings. The van der Waals surface area contributed by atoms with Crippen molar-refractivity contribution >= 4 is 5.91 Å². The van der Waals surface area contributed by atoms with E-state index in [1.807, 2.05) is 31.2 Å². The molecule has 1 aromatic carbocycles. The first-order chi connectivity index (χ1) is 13.9. The fraction of sp³-hybridized carbons (Fsp3) is 0.391. The van der Waals surface area contributed by atoms with Crippen molar-refractivity contribution in [3.63, 3.8) is 0 Å². The Labute approximate surface area is 170 Å². The number of aliphatic hydroxyl groups is 1. The van der Waals surface area contributed by atoms with Gasteiger partial charge < -0.3 is 19.3 Å². The topological polar surface area (TPSA) is 71.8 Å². The van der Waals surface area contributed by atoms with Crippen LogP contribution in [-0.2, 0) is 11.4 Å². The van der Waals surface area contributed by atoms with Crippen molar-refractivity contribution in [1.29, 1.82) is 0 Å². The molecule has 2 aromatic rings. The Balaban J connectivity index is 1.80. The van der Waals surface area contributed by atoms with Crippen LogP contribution in [0.5, 0.6) is 5.75 Å². The summed E-state index contributed by atoms with van der Waals surface area (Å²) in [5.41, 5.74) is 2.02. The summed E-state index contributed by atoms with van der Waals surface area (Å²) in [6, 6.07) is 10.5. The Kier molecular flexibility index (Phi) is 6.40. The van der Waals surface area contributed by atoms with Crippen molar-refractivity contribution in [2.24, 2.45) is 5.92 Å². The van der Waals surface area contributed by atoms with Crippen molar-refractivity contribution < 1.29 is 14.6 Å². The number of hydrogen-bond acceptors (Lipinski definition) is 4. The summed E-state index contributed by atoms with van der Waals surface area (Å²) < 4.78 is 6.96. The Bertz CT molecular complexity index is 992. The van der Waals surface area contributed by atoms with Crippen LogP contribution in [0, 0.1) is 17.8 Å². The van der Waals surface area contributed by atoms with Gasteiger partial charge in [-0.2, -0.15) is 0 Å². The zero-order valence-corrected chi connectivity index (χ0v) is 17.0. The number of amides is 1. The molecule has 1 fully saturated rings. The van der Waals surface area contributed by atoms with Gasteiger partial charge in [-0.1, -0.05) is 24.0 Å². The summed E-state index contributed by atoms with van der Waals surface area (Å²) in [5.74, 6) is 7.02. The van der Waals surface area contributed by atoms with Gasteiger partial charge in [0.05, 0.1) is 18.3 Å². The molecule has 1 amide bonds. The third kappa shape index (κ3) is 5.27. The van der Waals surface area contributed by atoms with Crippen molar-refractivity contribution in [2.45, 2.75) is 32.4 Å². The highest BCUT2D eigenvalue weighted by atomic mass is 16.5. The molecule has 1 N–H and O–H groups in total. The maximum atomic E-state index is 12.7.